The highest BCUT2D eigenvalue weighted by Gasteiger charge is 2.35. The number of nitrogens with one attached hydrogen (secondary N) is 1. The van der Waals surface area contributed by atoms with Crippen LogP contribution in [0.15, 0.2) is 83.8 Å². The van der Waals surface area contributed by atoms with Crippen molar-refractivity contribution in [2.75, 3.05) is 10.8 Å². The lowest BCUT2D eigenvalue weighted by Gasteiger charge is -2.34. The van der Waals surface area contributed by atoms with Gasteiger partial charge in [0.25, 0.3) is 10.0 Å². The maximum absolute atomic E-state index is 14.1. The van der Waals surface area contributed by atoms with Gasteiger partial charge in [-0.3, -0.25) is 13.9 Å². The van der Waals surface area contributed by atoms with Crippen molar-refractivity contribution in [3.05, 3.63) is 94.5 Å². The zero-order valence-corrected chi connectivity index (χ0v) is 24.6. The zero-order valence-electron chi connectivity index (χ0n) is 22.3. The summed E-state index contributed by atoms with van der Waals surface area (Å²) in [7, 11) is -4.11. The van der Waals surface area contributed by atoms with Gasteiger partial charge in [-0.2, -0.15) is 0 Å². The normalized spacial score (nSPS) is 14.5. The smallest absolute Gasteiger partial charge is 0.264 e. The highest BCUT2D eigenvalue weighted by Crippen LogP contribution is 2.29. The third-order valence-electron chi connectivity index (χ3n) is 7.13. The number of hydrogen-bond acceptors (Lipinski definition) is 4. The second kappa shape index (κ2) is 13.5. The molecule has 1 saturated carbocycles. The van der Waals surface area contributed by atoms with Crippen LogP contribution in [-0.2, 0) is 26.2 Å². The molecule has 3 aromatic carbocycles. The highest BCUT2D eigenvalue weighted by atomic mass is 35.5. The largest absolute Gasteiger partial charge is 0.352 e. The fourth-order valence-electron chi connectivity index (χ4n) is 4.98. The van der Waals surface area contributed by atoms with Gasteiger partial charge >= 0.3 is 0 Å². The van der Waals surface area contributed by atoms with Crippen molar-refractivity contribution in [1.29, 1.82) is 0 Å². The van der Waals surface area contributed by atoms with Gasteiger partial charge in [0.15, 0.2) is 0 Å². The monoisotopic (exact) mass is 601 g/mol. The molecule has 40 heavy (non-hydrogen) atoms. The minimum Gasteiger partial charge on any atom is -0.352 e. The summed E-state index contributed by atoms with van der Waals surface area (Å²) in [4.78, 5) is 29.1. The zero-order chi connectivity index (χ0) is 28.7. The average molecular weight is 603 g/mol. The number of carbonyl (C=O) groups is 2. The maximum Gasteiger partial charge on any atom is 0.264 e. The summed E-state index contributed by atoms with van der Waals surface area (Å²) in [5.74, 6) is -0.823. The standard InChI is InChI=1S/C30H33Cl2N3O4S/c1-2-28(30(37)33-22-12-9-10-13-22)34(20-25-26(31)18-11-19-27(25)32)29(36)21-35(23-14-5-3-6-15-23)40(38,39)24-16-7-4-8-17-24/h3-8,11,14-19,22,28H,2,9-10,12-13,20-21H2,1H3,(H,33,37)/t28-/m0/s1. The van der Waals surface area contributed by atoms with Crippen LogP contribution in [-0.4, -0.2) is 43.8 Å². The van der Waals surface area contributed by atoms with Crippen molar-refractivity contribution in [2.45, 2.75) is 62.6 Å². The molecule has 0 radical (unpaired) electrons. The number of nitrogens with zero attached hydrogens (tertiary/aromatic N) is 2. The molecule has 1 aliphatic carbocycles. The molecule has 1 N–H and O–H groups in total. The molecule has 0 bridgehead atoms. The summed E-state index contributed by atoms with van der Waals surface area (Å²) >= 11 is 12.9. The quantitative estimate of drug-likeness (QED) is 0.289. The Morgan fingerprint density at radius 3 is 2.05 bits per heavy atom. The molecular formula is C30H33Cl2N3O4S. The van der Waals surface area contributed by atoms with E-state index in [4.69, 9.17) is 23.2 Å². The third kappa shape index (κ3) is 6.97. The summed E-state index contributed by atoms with van der Waals surface area (Å²) in [6, 6.07) is 20.6. The predicted molar refractivity (Wildman–Crippen MR) is 159 cm³/mol. The van der Waals surface area contributed by atoms with Crippen LogP contribution in [0.1, 0.15) is 44.6 Å². The van der Waals surface area contributed by atoms with E-state index in [0.29, 0.717) is 27.7 Å². The molecular weight excluding hydrogens is 569 g/mol. The first-order valence-electron chi connectivity index (χ1n) is 13.4. The minimum atomic E-state index is -4.11. The molecule has 0 unspecified atom stereocenters. The first kappa shape index (κ1) is 29.9. The molecule has 0 saturated heterocycles. The van der Waals surface area contributed by atoms with Gasteiger partial charge in [-0.15, -0.1) is 0 Å². The molecule has 7 nitrogen and oxygen atoms in total. The highest BCUT2D eigenvalue weighted by molar-refractivity contribution is 7.92. The number of halogens is 2. The molecule has 1 atom stereocenters. The Hall–Kier alpha value is -3.07. The van der Waals surface area contributed by atoms with Crippen molar-refractivity contribution in [3.63, 3.8) is 0 Å². The van der Waals surface area contributed by atoms with Crippen molar-refractivity contribution in [3.8, 4) is 0 Å². The maximum atomic E-state index is 14.1. The van der Waals surface area contributed by atoms with Crippen LogP contribution in [0.5, 0.6) is 0 Å². The first-order valence-corrected chi connectivity index (χ1v) is 15.6. The average Bonchev–Trinajstić information content (AvgIpc) is 3.47. The van der Waals surface area contributed by atoms with Crippen LogP contribution in [0, 0.1) is 0 Å². The van der Waals surface area contributed by atoms with Crippen LogP contribution in [0.25, 0.3) is 0 Å². The van der Waals surface area contributed by atoms with Crippen molar-refractivity contribution in [2.24, 2.45) is 0 Å². The third-order valence-corrected chi connectivity index (χ3v) is 9.63. The van der Waals surface area contributed by atoms with E-state index in [0.717, 1.165) is 30.0 Å². The lowest BCUT2D eigenvalue weighted by molar-refractivity contribution is -0.140. The van der Waals surface area contributed by atoms with Gasteiger partial charge in [0.1, 0.15) is 12.6 Å². The van der Waals surface area contributed by atoms with E-state index in [1.165, 1.54) is 17.0 Å². The molecule has 1 aliphatic rings. The Morgan fingerprint density at radius 2 is 1.48 bits per heavy atom. The molecule has 4 rings (SSSR count). The van der Waals surface area contributed by atoms with Gasteiger partial charge in [0, 0.05) is 28.2 Å². The lowest BCUT2D eigenvalue weighted by Crippen LogP contribution is -2.53. The number of hydrogen-bond donors (Lipinski definition) is 1. The van der Waals surface area contributed by atoms with E-state index in [-0.39, 0.29) is 23.4 Å². The first-order chi connectivity index (χ1) is 19.2. The summed E-state index contributed by atoms with van der Waals surface area (Å²) in [6.07, 6.45) is 4.20. The molecule has 0 aliphatic heterocycles. The fraction of sp³-hybridized carbons (Fsp3) is 0.333. The number of sulfonamides is 1. The van der Waals surface area contributed by atoms with Gasteiger partial charge in [0.2, 0.25) is 11.8 Å². The number of anilines is 1. The second-order valence-electron chi connectivity index (χ2n) is 9.80. The summed E-state index contributed by atoms with van der Waals surface area (Å²) in [5.41, 5.74) is 0.822. The number of para-hydroxylation sites is 1. The number of benzene rings is 3. The number of carbonyl (C=O) groups excluding carboxylic acids is 2. The Kier molecular flexibility index (Phi) is 10.1. The summed E-state index contributed by atoms with van der Waals surface area (Å²) in [5, 5.41) is 3.80. The van der Waals surface area contributed by atoms with Crippen molar-refractivity contribution < 1.29 is 18.0 Å². The molecule has 10 heteroatoms. The van der Waals surface area contributed by atoms with E-state index in [2.05, 4.69) is 5.32 Å². The van der Waals surface area contributed by atoms with E-state index < -0.39 is 28.5 Å². The predicted octanol–water partition coefficient (Wildman–Crippen LogP) is 6.05. The molecule has 0 spiro atoms. The van der Waals surface area contributed by atoms with Gasteiger partial charge in [0.05, 0.1) is 10.6 Å². The molecule has 0 heterocycles. The van der Waals surface area contributed by atoms with Crippen LogP contribution < -0.4 is 9.62 Å². The second-order valence-corrected chi connectivity index (χ2v) is 12.5. The lowest BCUT2D eigenvalue weighted by atomic mass is 10.1. The van der Waals surface area contributed by atoms with Crippen molar-refractivity contribution >= 4 is 50.7 Å². The number of rotatable bonds is 11. The van der Waals surface area contributed by atoms with E-state index >= 15 is 0 Å². The van der Waals surface area contributed by atoms with E-state index in [9.17, 15) is 18.0 Å². The number of amides is 2. The van der Waals surface area contributed by atoms with Crippen molar-refractivity contribution in [1.82, 2.24) is 10.2 Å². The Morgan fingerprint density at radius 1 is 0.900 bits per heavy atom. The molecule has 0 aromatic heterocycles. The Labute approximate surface area is 246 Å². The van der Waals surface area contributed by atoms with Crippen LogP contribution >= 0.6 is 23.2 Å². The molecule has 2 amide bonds. The van der Waals surface area contributed by atoms with Gasteiger partial charge in [-0.25, -0.2) is 8.42 Å². The summed E-state index contributed by atoms with van der Waals surface area (Å²) < 4.78 is 28.7. The van der Waals surface area contributed by atoms with Gasteiger partial charge in [-0.1, -0.05) is 85.4 Å². The van der Waals surface area contributed by atoms with Gasteiger partial charge in [-0.05, 0) is 55.7 Å². The minimum absolute atomic E-state index is 0.0536. The van der Waals surface area contributed by atoms with Gasteiger partial charge < -0.3 is 10.2 Å². The molecule has 3 aromatic rings. The van der Waals surface area contributed by atoms with E-state index in [1.807, 2.05) is 6.92 Å². The molecule has 212 valence electrons. The van der Waals surface area contributed by atoms with Crippen LogP contribution in [0.2, 0.25) is 10.0 Å². The summed E-state index contributed by atoms with van der Waals surface area (Å²) in [6.45, 7) is 1.25. The van der Waals surface area contributed by atoms with E-state index in [1.54, 1.807) is 66.7 Å². The molecule has 1 fully saturated rings. The van der Waals surface area contributed by atoms with Crippen LogP contribution in [0.3, 0.4) is 0 Å². The topological polar surface area (TPSA) is 86.8 Å². The van der Waals surface area contributed by atoms with Crippen LogP contribution in [0.4, 0.5) is 5.69 Å². The fourth-order valence-corrected chi connectivity index (χ4v) is 6.94. The SMILES string of the molecule is CC[C@@H](C(=O)NC1CCCC1)N(Cc1c(Cl)cccc1Cl)C(=O)CN(c1ccccc1)S(=O)(=O)c1ccccc1. The Bertz CT molecular complexity index is 1400. The Balaban J connectivity index is 1.72.